The highest BCUT2D eigenvalue weighted by molar-refractivity contribution is 7.89. The zero-order valence-electron chi connectivity index (χ0n) is 18.3. The van der Waals surface area contributed by atoms with Crippen LogP contribution >= 0.6 is 12.2 Å². The van der Waals surface area contributed by atoms with Crippen molar-refractivity contribution in [2.45, 2.75) is 50.0 Å². The summed E-state index contributed by atoms with van der Waals surface area (Å²) in [4.78, 5) is 12.8. The number of nitrogens with one attached hydrogen (secondary N) is 2. The quantitative estimate of drug-likeness (QED) is 0.585. The largest absolute Gasteiger partial charge is 0.493 e. The van der Waals surface area contributed by atoms with Crippen LogP contribution in [-0.2, 0) is 10.0 Å². The summed E-state index contributed by atoms with van der Waals surface area (Å²) < 4.78 is 32.9. The molecule has 2 aromatic carbocycles. The van der Waals surface area contributed by atoms with Crippen LogP contribution in [0.2, 0.25) is 0 Å². The van der Waals surface area contributed by atoms with Crippen molar-refractivity contribution in [2.75, 3.05) is 19.0 Å². The molecule has 2 aromatic rings. The highest BCUT2D eigenvalue weighted by atomic mass is 32.2. The Labute approximate surface area is 195 Å². The second-order valence-electron chi connectivity index (χ2n) is 7.67. The summed E-state index contributed by atoms with van der Waals surface area (Å²) in [6.07, 6.45) is 5.08. The molecule has 0 spiro atoms. The average molecular weight is 476 g/mol. The number of anilines is 1. The Morgan fingerprint density at radius 3 is 2.41 bits per heavy atom. The zero-order valence-corrected chi connectivity index (χ0v) is 20.0. The number of nitrogens with zero attached hydrogens (tertiary/aromatic N) is 1. The van der Waals surface area contributed by atoms with Crippen molar-refractivity contribution in [1.29, 1.82) is 0 Å². The van der Waals surface area contributed by atoms with Crippen molar-refractivity contribution in [3.05, 3.63) is 54.1 Å². The Bertz CT molecular complexity index is 1050. The van der Waals surface area contributed by atoms with Crippen molar-refractivity contribution >= 4 is 38.9 Å². The molecule has 0 atom stereocenters. The third-order valence-corrected chi connectivity index (χ3v) is 7.67. The lowest BCUT2D eigenvalue weighted by Gasteiger charge is -2.30. The van der Waals surface area contributed by atoms with Gasteiger partial charge in [0.15, 0.2) is 5.11 Å². The number of carbonyl (C=O) groups excluding carboxylic acids is 1. The summed E-state index contributed by atoms with van der Waals surface area (Å²) in [7, 11) is -1.91. The van der Waals surface area contributed by atoms with Crippen molar-refractivity contribution in [1.82, 2.24) is 9.62 Å². The summed E-state index contributed by atoms with van der Waals surface area (Å²) in [5, 5.41) is 5.65. The summed E-state index contributed by atoms with van der Waals surface area (Å²) in [6.45, 7) is 2.29. The fourth-order valence-electron chi connectivity index (χ4n) is 3.79. The van der Waals surface area contributed by atoms with Crippen molar-refractivity contribution < 1.29 is 17.9 Å². The van der Waals surface area contributed by atoms with E-state index in [1.165, 1.54) is 10.7 Å². The summed E-state index contributed by atoms with van der Waals surface area (Å²) in [5.41, 5.74) is 0.957. The molecular weight excluding hydrogens is 446 g/mol. The predicted octanol–water partition coefficient (Wildman–Crippen LogP) is 4.17. The number of rotatable bonds is 7. The van der Waals surface area contributed by atoms with Gasteiger partial charge in [-0.25, -0.2) is 8.42 Å². The minimum Gasteiger partial charge on any atom is -0.493 e. The van der Waals surface area contributed by atoms with Crippen LogP contribution in [0.3, 0.4) is 0 Å². The molecule has 2 N–H and O–H groups in total. The number of para-hydroxylation sites is 1. The summed E-state index contributed by atoms with van der Waals surface area (Å²) in [5.74, 6) is 0.0896. The van der Waals surface area contributed by atoms with Crippen LogP contribution in [-0.4, -0.2) is 43.4 Å². The number of thiocarbonyl (C=S) groups is 1. The second kappa shape index (κ2) is 10.9. The molecule has 1 amide bonds. The first kappa shape index (κ1) is 24.2. The topological polar surface area (TPSA) is 87.7 Å². The minimum atomic E-state index is -3.56. The van der Waals surface area contributed by atoms with E-state index in [9.17, 15) is 13.2 Å². The van der Waals surface area contributed by atoms with Crippen LogP contribution in [0, 0.1) is 0 Å². The SMILES string of the molecule is CCOc1ccccc1C(=O)NC(=S)Nc1ccc(S(=O)(=O)N(C)C2CCCCC2)cc1. The summed E-state index contributed by atoms with van der Waals surface area (Å²) in [6, 6.07) is 13.3. The van der Waals surface area contributed by atoms with Crippen molar-refractivity contribution in [3.63, 3.8) is 0 Å². The van der Waals surface area contributed by atoms with Crippen LogP contribution in [0.5, 0.6) is 5.75 Å². The molecule has 7 nitrogen and oxygen atoms in total. The fourth-order valence-corrected chi connectivity index (χ4v) is 5.41. The number of amides is 1. The van der Waals surface area contributed by atoms with E-state index in [-0.39, 0.29) is 22.0 Å². The van der Waals surface area contributed by atoms with Crippen molar-refractivity contribution in [3.8, 4) is 5.75 Å². The maximum absolute atomic E-state index is 13.0. The van der Waals surface area contributed by atoms with Gasteiger partial charge in [0.25, 0.3) is 5.91 Å². The molecule has 0 bridgehead atoms. The number of benzene rings is 2. The Hall–Kier alpha value is -2.49. The molecule has 3 rings (SSSR count). The van der Waals surface area contributed by atoms with Gasteiger partial charge in [-0.1, -0.05) is 31.4 Å². The lowest BCUT2D eigenvalue weighted by molar-refractivity contribution is 0.0974. The standard InChI is InChI=1S/C23H29N3O4S2/c1-3-30-21-12-8-7-11-20(21)22(27)25-23(31)24-17-13-15-19(16-14-17)32(28,29)26(2)18-9-5-4-6-10-18/h7-8,11-16,18H,3-6,9-10H2,1-2H3,(H2,24,25,27,31). The molecule has 172 valence electrons. The van der Waals surface area contributed by atoms with Gasteiger partial charge in [-0.3, -0.25) is 10.1 Å². The summed E-state index contributed by atoms with van der Waals surface area (Å²) >= 11 is 5.24. The van der Waals surface area contributed by atoms with E-state index in [1.807, 2.05) is 6.92 Å². The van der Waals surface area contributed by atoms with Crippen LogP contribution in [0.4, 0.5) is 5.69 Å². The van der Waals surface area contributed by atoms with Crippen LogP contribution in [0.15, 0.2) is 53.4 Å². The predicted molar refractivity (Wildman–Crippen MR) is 130 cm³/mol. The van der Waals surface area contributed by atoms with Gasteiger partial charge in [0.05, 0.1) is 17.1 Å². The number of carbonyl (C=O) groups is 1. The van der Waals surface area contributed by atoms with E-state index < -0.39 is 10.0 Å². The van der Waals surface area contributed by atoms with Gasteiger partial charge >= 0.3 is 0 Å². The molecule has 1 fully saturated rings. The van der Waals surface area contributed by atoms with E-state index in [1.54, 1.807) is 55.6 Å². The second-order valence-corrected chi connectivity index (χ2v) is 10.1. The lowest BCUT2D eigenvalue weighted by atomic mass is 9.96. The third kappa shape index (κ3) is 5.85. The van der Waals surface area contributed by atoms with Gasteiger partial charge in [0.2, 0.25) is 10.0 Å². The third-order valence-electron chi connectivity index (χ3n) is 5.54. The van der Waals surface area contributed by atoms with E-state index in [0.29, 0.717) is 23.6 Å². The first-order valence-corrected chi connectivity index (χ1v) is 12.6. The average Bonchev–Trinajstić information content (AvgIpc) is 2.80. The van der Waals surface area contributed by atoms with Gasteiger partial charge in [-0.05, 0) is 68.4 Å². The monoisotopic (exact) mass is 475 g/mol. The molecule has 0 aliphatic heterocycles. The van der Waals surface area contributed by atoms with E-state index in [0.717, 1.165) is 25.7 Å². The van der Waals surface area contributed by atoms with E-state index in [4.69, 9.17) is 17.0 Å². The highest BCUT2D eigenvalue weighted by Gasteiger charge is 2.28. The Morgan fingerprint density at radius 2 is 1.75 bits per heavy atom. The first-order valence-electron chi connectivity index (χ1n) is 10.7. The first-order chi connectivity index (χ1) is 15.3. The van der Waals surface area contributed by atoms with Gasteiger partial charge in [-0.15, -0.1) is 0 Å². The maximum atomic E-state index is 13.0. The zero-order chi connectivity index (χ0) is 23.1. The van der Waals surface area contributed by atoms with Gasteiger partial charge < -0.3 is 10.1 Å². The number of ether oxygens (including phenoxy) is 1. The molecule has 0 heterocycles. The molecule has 0 unspecified atom stereocenters. The molecule has 0 radical (unpaired) electrons. The molecule has 0 aromatic heterocycles. The molecule has 9 heteroatoms. The molecule has 1 aliphatic rings. The van der Waals surface area contributed by atoms with Crippen LogP contribution in [0.25, 0.3) is 0 Å². The Kier molecular flexibility index (Phi) is 8.22. The van der Waals surface area contributed by atoms with Gasteiger partial charge in [0, 0.05) is 18.8 Å². The Morgan fingerprint density at radius 1 is 1.09 bits per heavy atom. The maximum Gasteiger partial charge on any atom is 0.261 e. The normalized spacial score (nSPS) is 14.7. The minimum absolute atomic E-state index is 0.0499. The molecule has 32 heavy (non-hydrogen) atoms. The van der Waals surface area contributed by atoms with E-state index in [2.05, 4.69) is 10.6 Å². The number of hydrogen-bond donors (Lipinski definition) is 2. The van der Waals surface area contributed by atoms with Crippen LogP contribution < -0.4 is 15.4 Å². The van der Waals surface area contributed by atoms with Crippen LogP contribution in [0.1, 0.15) is 49.4 Å². The Balaban J connectivity index is 1.63. The van der Waals surface area contributed by atoms with Crippen molar-refractivity contribution in [2.24, 2.45) is 0 Å². The molecule has 1 aliphatic carbocycles. The molecule has 1 saturated carbocycles. The highest BCUT2D eigenvalue weighted by Crippen LogP contribution is 2.27. The van der Waals surface area contributed by atoms with E-state index >= 15 is 0 Å². The van der Waals surface area contributed by atoms with Gasteiger partial charge in [-0.2, -0.15) is 4.31 Å². The molecular formula is C23H29N3O4S2. The molecule has 0 saturated heterocycles. The fraction of sp³-hybridized carbons (Fsp3) is 0.391. The lowest BCUT2D eigenvalue weighted by Crippen LogP contribution is -2.38. The number of sulfonamides is 1. The smallest absolute Gasteiger partial charge is 0.261 e. The number of hydrogen-bond acceptors (Lipinski definition) is 5. The van der Waals surface area contributed by atoms with Gasteiger partial charge in [0.1, 0.15) is 5.75 Å².